The van der Waals surface area contributed by atoms with Gasteiger partial charge in [-0.25, -0.2) is 0 Å². The Hall–Kier alpha value is -1.13. The Morgan fingerprint density at radius 2 is 2.18 bits per heavy atom. The number of H-pyrrole nitrogens is 1. The fourth-order valence-corrected chi connectivity index (χ4v) is 0.636. The summed E-state index contributed by atoms with van der Waals surface area (Å²) in [5.41, 5.74) is 0.447. The Bertz CT molecular complexity index is 202. The number of hydrogen-bond acceptors (Lipinski definition) is 1. The van der Waals surface area contributed by atoms with Gasteiger partial charge in [-0.05, 0) is 6.07 Å². The largest absolute Gasteiger partial charge is 0.405 e. The molecule has 2 N–H and O–H groups in total. The molecule has 0 saturated heterocycles. The van der Waals surface area contributed by atoms with Gasteiger partial charge in [0.25, 0.3) is 0 Å². The van der Waals surface area contributed by atoms with Crippen molar-refractivity contribution in [2.24, 2.45) is 0 Å². The predicted molar refractivity (Wildman–Crippen MR) is 35.3 cm³/mol. The molecule has 0 spiro atoms. The summed E-state index contributed by atoms with van der Waals surface area (Å²) in [7, 11) is 0. The molecule has 0 unspecified atom stereocenters. The van der Waals surface area contributed by atoms with Crippen LogP contribution >= 0.6 is 0 Å². The maximum absolute atomic E-state index is 11.6. The van der Waals surface area contributed by atoms with Gasteiger partial charge in [0, 0.05) is 12.4 Å². The lowest BCUT2D eigenvalue weighted by Crippen LogP contribution is -2.20. The van der Waals surface area contributed by atoms with Crippen LogP contribution in [0.3, 0.4) is 0 Å². The number of alkyl halides is 3. The lowest BCUT2D eigenvalue weighted by atomic mass is 10.5. The number of aromatic amines is 1. The molecule has 0 aliphatic rings. The number of aromatic nitrogens is 1. The first-order valence-electron chi connectivity index (χ1n) is 3.01. The van der Waals surface area contributed by atoms with Gasteiger partial charge in [0.05, 0.1) is 5.69 Å². The fraction of sp³-hybridized carbons (Fsp3) is 0.333. The van der Waals surface area contributed by atoms with Crippen molar-refractivity contribution in [1.82, 2.24) is 4.98 Å². The Kier molecular flexibility index (Phi) is 2.07. The average Bonchev–Trinajstić information content (AvgIpc) is 2.32. The number of anilines is 1. The minimum Gasteiger partial charge on any atom is -0.375 e. The van der Waals surface area contributed by atoms with E-state index in [1.807, 2.05) is 0 Å². The summed E-state index contributed by atoms with van der Waals surface area (Å²) in [6.07, 6.45) is -1.14. The van der Waals surface area contributed by atoms with E-state index in [0.717, 1.165) is 0 Å². The van der Waals surface area contributed by atoms with Crippen LogP contribution in [-0.4, -0.2) is 17.7 Å². The summed E-state index contributed by atoms with van der Waals surface area (Å²) >= 11 is 0. The van der Waals surface area contributed by atoms with Gasteiger partial charge in [-0.2, -0.15) is 13.2 Å². The normalized spacial score (nSPS) is 11.5. The molecule has 0 amide bonds. The first-order valence-corrected chi connectivity index (χ1v) is 3.01. The molecule has 0 aliphatic heterocycles. The monoisotopic (exact) mass is 164 g/mol. The van der Waals surface area contributed by atoms with Crippen molar-refractivity contribution in [1.29, 1.82) is 0 Å². The summed E-state index contributed by atoms with van der Waals surface area (Å²) in [5, 5.41) is 2.21. The highest BCUT2D eigenvalue weighted by Gasteiger charge is 2.26. The first-order chi connectivity index (χ1) is 5.08. The molecule has 2 nitrogen and oxygen atoms in total. The summed E-state index contributed by atoms with van der Waals surface area (Å²) in [4.78, 5) is 2.64. The topological polar surface area (TPSA) is 27.8 Å². The average molecular weight is 164 g/mol. The quantitative estimate of drug-likeness (QED) is 0.687. The highest BCUT2D eigenvalue weighted by Crippen LogP contribution is 2.15. The third-order valence-corrected chi connectivity index (χ3v) is 1.09. The lowest BCUT2D eigenvalue weighted by Gasteiger charge is -2.06. The van der Waals surface area contributed by atoms with Crippen molar-refractivity contribution < 1.29 is 13.2 Å². The van der Waals surface area contributed by atoms with E-state index in [1.165, 1.54) is 12.3 Å². The number of hydrogen-bond donors (Lipinski definition) is 2. The molecule has 0 fully saturated rings. The van der Waals surface area contributed by atoms with Crippen LogP contribution < -0.4 is 5.32 Å². The molecule has 5 heteroatoms. The third-order valence-electron chi connectivity index (χ3n) is 1.09. The van der Waals surface area contributed by atoms with Crippen LogP contribution in [0.1, 0.15) is 0 Å². The zero-order valence-electron chi connectivity index (χ0n) is 5.57. The Labute approximate surface area is 61.4 Å². The molecule has 0 saturated carbocycles. The van der Waals surface area contributed by atoms with E-state index in [9.17, 15) is 13.2 Å². The number of halogens is 3. The smallest absolute Gasteiger partial charge is 0.375 e. The maximum atomic E-state index is 11.6. The third kappa shape index (κ3) is 2.97. The summed E-state index contributed by atoms with van der Waals surface area (Å²) in [6, 6.07) is 1.53. The van der Waals surface area contributed by atoms with Gasteiger partial charge < -0.3 is 10.3 Å². The summed E-state index contributed by atoms with van der Waals surface area (Å²) < 4.78 is 34.7. The molecular weight excluding hydrogens is 157 g/mol. The van der Waals surface area contributed by atoms with Crippen molar-refractivity contribution in [2.75, 3.05) is 11.9 Å². The molecule has 0 radical (unpaired) electrons. The minimum atomic E-state index is -4.16. The molecule has 1 aromatic heterocycles. The van der Waals surface area contributed by atoms with Crippen LogP contribution in [0.2, 0.25) is 0 Å². The van der Waals surface area contributed by atoms with Crippen LogP contribution in [-0.2, 0) is 0 Å². The van der Waals surface area contributed by atoms with Gasteiger partial charge in [-0.3, -0.25) is 0 Å². The lowest BCUT2D eigenvalue weighted by molar-refractivity contribution is -0.115. The molecular formula is C6H7F3N2. The van der Waals surface area contributed by atoms with E-state index >= 15 is 0 Å². The highest BCUT2D eigenvalue weighted by molar-refractivity contribution is 5.40. The van der Waals surface area contributed by atoms with Gasteiger partial charge in [-0.15, -0.1) is 0 Å². The summed E-state index contributed by atoms with van der Waals surface area (Å²) in [5.74, 6) is 0. The van der Waals surface area contributed by atoms with Crippen molar-refractivity contribution >= 4 is 5.69 Å². The van der Waals surface area contributed by atoms with Gasteiger partial charge in [0.15, 0.2) is 0 Å². The molecule has 0 atom stereocenters. The first kappa shape index (κ1) is 7.97. The van der Waals surface area contributed by atoms with Crippen molar-refractivity contribution in [2.45, 2.75) is 6.18 Å². The van der Waals surface area contributed by atoms with Crippen LogP contribution in [0.25, 0.3) is 0 Å². The molecule has 1 heterocycles. The molecule has 0 aliphatic carbocycles. The Morgan fingerprint density at radius 1 is 1.45 bits per heavy atom. The van der Waals surface area contributed by atoms with E-state index in [-0.39, 0.29) is 0 Å². The van der Waals surface area contributed by atoms with E-state index in [4.69, 9.17) is 0 Å². The number of rotatable bonds is 2. The molecule has 0 aromatic carbocycles. The second kappa shape index (κ2) is 2.86. The standard InChI is InChI=1S/C6H7F3N2/c7-6(8,9)4-11-5-1-2-10-3-5/h1-3,10-11H,4H2. The minimum absolute atomic E-state index is 0.447. The van der Waals surface area contributed by atoms with E-state index < -0.39 is 12.7 Å². The SMILES string of the molecule is FC(F)(F)CNc1cc[nH]c1. The van der Waals surface area contributed by atoms with Gasteiger partial charge in [-0.1, -0.05) is 0 Å². The van der Waals surface area contributed by atoms with E-state index in [0.29, 0.717) is 5.69 Å². The molecule has 1 aromatic rings. The van der Waals surface area contributed by atoms with Crippen molar-refractivity contribution in [3.05, 3.63) is 18.5 Å². The summed E-state index contributed by atoms with van der Waals surface area (Å²) in [6.45, 7) is -0.995. The zero-order valence-corrected chi connectivity index (χ0v) is 5.57. The van der Waals surface area contributed by atoms with Crippen molar-refractivity contribution in [3.63, 3.8) is 0 Å². The van der Waals surface area contributed by atoms with Crippen LogP contribution in [0.15, 0.2) is 18.5 Å². The van der Waals surface area contributed by atoms with Crippen molar-refractivity contribution in [3.8, 4) is 0 Å². The fourth-order valence-electron chi connectivity index (χ4n) is 0.636. The molecule has 62 valence electrons. The second-order valence-electron chi connectivity index (χ2n) is 2.07. The van der Waals surface area contributed by atoms with Gasteiger partial charge >= 0.3 is 6.18 Å². The molecule has 11 heavy (non-hydrogen) atoms. The van der Waals surface area contributed by atoms with Gasteiger partial charge in [0.2, 0.25) is 0 Å². The van der Waals surface area contributed by atoms with Gasteiger partial charge in [0.1, 0.15) is 6.54 Å². The molecule has 1 rings (SSSR count). The zero-order chi connectivity index (χ0) is 8.32. The second-order valence-corrected chi connectivity index (χ2v) is 2.07. The predicted octanol–water partition coefficient (Wildman–Crippen LogP) is 1.99. The van der Waals surface area contributed by atoms with E-state index in [1.54, 1.807) is 6.20 Å². The van der Waals surface area contributed by atoms with Crippen LogP contribution in [0, 0.1) is 0 Å². The maximum Gasteiger partial charge on any atom is 0.405 e. The van der Waals surface area contributed by atoms with E-state index in [2.05, 4.69) is 10.3 Å². The molecule has 0 bridgehead atoms. The van der Waals surface area contributed by atoms with Crippen LogP contribution in [0.5, 0.6) is 0 Å². The Balaban J connectivity index is 2.35. The highest BCUT2D eigenvalue weighted by atomic mass is 19.4. The number of nitrogens with one attached hydrogen (secondary N) is 2. The Morgan fingerprint density at radius 3 is 2.64 bits per heavy atom. The van der Waals surface area contributed by atoms with Crippen LogP contribution in [0.4, 0.5) is 18.9 Å².